The lowest BCUT2D eigenvalue weighted by Gasteiger charge is -2.29. The monoisotopic (exact) mass is 245 g/mol. The van der Waals surface area contributed by atoms with Crippen LogP contribution in [-0.2, 0) is 0 Å². The second-order valence-electron chi connectivity index (χ2n) is 4.71. The quantitative estimate of drug-likeness (QED) is 0.810. The molecular weight excluding hydrogens is 230 g/mol. The van der Waals surface area contributed by atoms with E-state index in [1.54, 1.807) is 0 Å². The minimum absolute atomic E-state index is 0.183. The third-order valence-electron chi connectivity index (χ3n) is 3.49. The summed E-state index contributed by atoms with van der Waals surface area (Å²) in [6.07, 6.45) is 1.05. The Kier molecular flexibility index (Phi) is 2.66. The number of fused-ring (bicyclic) bond motifs is 1. The average molecular weight is 245 g/mol. The minimum Gasteiger partial charge on any atom is -0.465 e. The number of likely N-dealkylation sites (tertiary alicyclic amines) is 1. The Labute approximate surface area is 104 Å². The number of aromatic amines is 1. The van der Waals surface area contributed by atoms with E-state index in [9.17, 15) is 4.79 Å². The predicted molar refractivity (Wildman–Crippen MR) is 67.7 cm³/mol. The molecule has 1 aliphatic heterocycles. The second-order valence-corrected chi connectivity index (χ2v) is 4.71. The maximum Gasteiger partial charge on any atom is 0.407 e. The first kappa shape index (κ1) is 11.1. The van der Waals surface area contributed by atoms with Crippen LogP contribution in [0.5, 0.6) is 0 Å². The van der Waals surface area contributed by atoms with Crippen molar-refractivity contribution in [3.05, 3.63) is 30.1 Å². The number of rotatable bonds is 1. The molecule has 0 radical (unpaired) electrons. The molecule has 5 heteroatoms. The van der Waals surface area contributed by atoms with E-state index in [4.69, 9.17) is 5.11 Å². The van der Waals surface area contributed by atoms with Crippen LogP contribution >= 0.6 is 0 Å². The summed E-state index contributed by atoms with van der Waals surface area (Å²) in [5, 5.41) is 9.04. The van der Waals surface area contributed by atoms with Crippen molar-refractivity contribution in [2.24, 2.45) is 0 Å². The molecular formula is C13H15N3O2. The van der Waals surface area contributed by atoms with Gasteiger partial charge in [-0.1, -0.05) is 12.1 Å². The number of hydrogen-bond acceptors (Lipinski definition) is 2. The topological polar surface area (TPSA) is 69.2 Å². The Morgan fingerprint density at radius 2 is 2.28 bits per heavy atom. The van der Waals surface area contributed by atoms with Gasteiger partial charge in [0, 0.05) is 19.0 Å². The van der Waals surface area contributed by atoms with Gasteiger partial charge in [-0.2, -0.15) is 0 Å². The van der Waals surface area contributed by atoms with Crippen molar-refractivity contribution >= 4 is 17.1 Å². The van der Waals surface area contributed by atoms with Crippen molar-refractivity contribution in [1.29, 1.82) is 0 Å². The second kappa shape index (κ2) is 4.33. The number of nitrogens with one attached hydrogen (secondary N) is 1. The summed E-state index contributed by atoms with van der Waals surface area (Å²) in [5.41, 5.74) is 1.96. The van der Waals surface area contributed by atoms with E-state index in [1.165, 1.54) is 4.90 Å². The highest BCUT2D eigenvalue weighted by molar-refractivity contribution is 5.74. The highest BCUT2D eigenvalue weighted by Gasteiger charge is 2.26. The van der Waals surface area contributed by atoms with Crippen LogP contribution in [0.1, 0.15) is 24.6 Å². The zero-order valence-corrected chi connectivity index (χ0v) is 9.97. The van der Waals surface area contributed by atoms with Gasteiger partial charge in [0.2, 0.25) is 0 Å². The van der Waals surface area contributed by atoms with E-state index in [1.807, 2.05) is 24.3 Å². The molecule has 0 saturated carbocycles. The summed E-state index contributed by atoms with van der Waals surface area (Å²) >= 11 is 0. The normalized spacial score (nSPS) is 20.2. The van der Waals surface area contributed by atoms with Crippen LogP contribution in [-0.4, -0.2) is 39.2 Å². The molecule has 1 aromatic carbocycles. The predicted octanol–water partition coefficient (Wildman–Crippen LogP) is 2.42. The van der Waals surface area contributed by atoms with Gasteiger partial charge in [0.05, 0.1) is 11.0 Å². The van der Waals surface area contributed by atoms with Crippen LogP contribution in [0, 0.1) is 0 Å². The van der Waals surface area contributed by atoms with E-state index in [-0.39, 0.29) is 5.92 Å². The number of hydrogen-bond donors (Lipinski definition) is 2. The SMILES string of the molecule is O=C(O)N1CCC[C@@H](c2nc3ccccc3[nH]2)C1. The van der Waals surface area contributed by atoms with Crippen LogP contribution in [0.15, 0.2) is 24.3 Å². The summed E-state index contributed by atoms with van der Waals surface area (Å²) in [4.78, 5) is 20.3. The lowest BCUT2D eigenvalue weighted by atomic mass is 9.98. The summed E-state index contributed by atoms with van der Waals surface area (Å²) in [7, 11) is 0. The van der Waals surface area contributed by atoms with Gasteiger partial charge in [0.1, 0.15) is 5.82 Å². The number of piperidine rings is 1. The van der Waals surface area contributed by atoms with E-state index in [0.29, 0.717) is 13.1 Å². The minimum atomic E-state index is -0.837. The van der Waals surface area contributed by atoms with Gasteiger partial charge in [-0.25, -0.2) is 9.78 Å². The molecule has 1 atom stereocenters. The molecule has 0 unspecified atom stereocenters. The van der Waals surface area contributed by atoms with Gasteiger partial charge < -0.3 is 15.0 Å². The van der Waals surface area contributed by atoms with E-state index in [0.717, 1.165) is 29.7 Å². The first-order valence-electron chi connectivity index (χ1n) is 6.16. The van der Waals surface area contributed by atoms with Gasteiger partial charge in [0.15, 0.2) is 0 Å². The number of aromatic nitrogens is 2. The average Bonchev–Trinajstić information content (AvgIpc) is 2.82. The number of H-pyrrole nitrogens is 1. The van der Waals surface area contributed by atoms with E-state index < -0.39 is 6.09 Å². The molecule has 1 saturated heterocycles. The Morgan fingerprint density at radius 3 is 3.06 bits per heavy atom. The Hall–Kier alpha value is -2.04. The lowest BCUT2D eigenvalue weighted by Crippen LogP contribution is -2.38. The van der Waals surface area contributed by atoms with Crippen molar-refractivity contribution < 1.29 is 9.90 Å². The lowest BCUT2D eigenvalue weighted by molar-refractivity contribution is 0.129. The number of para-hydroxylation sites is 2. The molecule has 5 nitrogen and oxygen atoms in total. The first-order chi connectivity index (χ1) is 8.74. The van der Waals surface area contributed by atoms with Gasteiger partial charge in [0.25, 0.3) is 0 Å². The third kappa shape index (κ3) is 1.92. The number of nitrogens with zero attached hydrogens (tertiary/aromatic N) is 2. The standard InChI is InChI=1S/C13H15N3O2/c17-13(18)16-7-3-4-9(8-16)12-14-10-5-1-2-6-11(10)15-12/h1-2,5-6,9H,3-4,7-8H2,(H,14,15)(H,17,18)/t9-/m1/s1. The number of carboxylic acid groups (broad SMARTS) is 1. The molecule has 2 N–H and O–H groups in total. The van der Waals surface area contributed by atoms with Crippen molar-refractivity contribution in [3.63, 3.8) is 0 Å². The summed E-state index contributed by atoms with van der Waals surface area (Å²) in [6.45, 7) is 1.17. The van der Waals surface area contributed by atoms with Gasteiger partial charge in [-0.15, -0.1) is 0 Å². The smallest absolute Gasteiger partial charge is 0.407 e. The zero-order chi connectivity index (χ0) is 12.5. The Bertz CT molecular complexity index is 545. The molecule has 0 aliphatic carbocycles. The number of carbonyl (C=O) groups is 1. The van der Waals surface area contributed by atoms with Crippen LogP contribution in [0.4, 0.5) is 4.79 Å². The van der Waals surface area contributed by atoms with Gasteiger partial charge in [-0.05, 0) is 25.0 Å². The van der Waals surface area contributed by atoms with Crippen LogP contribution in [0.2, 0.25) is 0 Å². The highest BCUT2D eigenvalue weighted by atomic mass is 16.4. The van der Waals surface area contributed by atoms with E-state index >= 15 is 0 Å². The molecule has 0 bridgehead atoms. The van der Waals surface area contributed by atoms with Crippen molar-refractivity contribution in [2.75, 3.05) is 13.1 Å². The van der Waals surface area contributed by atoms with Gasteiger partial charge in [-0.3, -0.25) is 0 Å². The molecule has 1 aromatic heterocycles. The van der Waals surface area contributed by atoms with Crippen LogP contribution in [0.25, 0.3) is 11.0 Å². The maximum atomic E-state index is 11.0. The third-order valence-corrected chi connectivity index (χ3v) is 3.49. The summed E-state index contributed by atoms with van der Waals surface area (Å²) in [5.74, 6) is 1.09. The van der Waals surface area contributed by atoms with E-state index in [2.05, 4.69) is 9.97 Å². The molecule has 0 spiro atoms. The molecule has 18 heavy (non-hydrogen) atoms. The number of benzene rings is 1. The fourth-order valence-electron chi connectivity index (χ4n) is 2.54. The number of imidazole rings is 1. The van der Waals surface area contributed by atoms with Crippen LogP contribution < -0.4 is 0 Å². The van der Waals surface area contributed by atoms with Gasteiger partial charge >= 0.3 is 6.09 Å². The molecule has 94 valence electrons. The molecule has 2 aromatic rings. The largest absolute Gasteiger partial charge is 0.465 e. The molecule has 2 heterocycles. The Balaban J connectivity index is 1.87. The Morgan fingerprint density at radius 1 is 1.44 bits per heavy atom. The highest BCUT2D eigenvalue weighted by Crippen LogP contribution is 2.26. The molecule has 1 fully saturated rings. The zero-order valence-electron chi connectivity index (χ0n) is 9.97. The summed E-state index contributed by atoms with van der Waals surface area (Å²) < 4.78 is 0. The number of amides is 1. The van der Waals surface area contributed by atoms with Crippen molar-refractivity contribution in [3.8, 4) is 0 Å². The van der Waals surface area contributed by atoms with Crippen molar-refractivity contribution in [2.45, 2.75) is 18.8 Å². The molecule has 3 rings (SSSR count). The summed E-state index contributed by atoms with van der Waals surface area (Å²) in [6, 6.07) is 7.88. The fourth-order valence-corrected chi connectivity index (χ4v) is 2.54. The molecule has 1 amide bonds. The van der Waals surface area contributed by atoms with Crippen molar-refractivity contribution in [1.82, 2.24) is 14.9 Å². The fraction of sp³-hybridized carbons (Fsp3) is 0.385. The first-order valence-corrected chi connectivity index (χ1v) is 6.16. The molecule has 1 aliphatic rings. The maximum absolute atomic E-state index is 11.0. The van der Waals surface area contributed by atoms with Crippen LogP contribution in [0.3, 0.4) is 0 Å².